The molecular formula is C33H28N5NaO3. The zero-order chi connectivity index (χ0) is 28.4. The smallest absolute Gasteiger partial charge is 0.543 e. The number of hydrogen-bond acceptors (Lipinski definition) is 5. The number of H-pyrrole nitrogens is 2. The Morgan fingerprint density at radius 2 is 1.50 bits per heavy atom. The third kappa shape index (κ3) is 4.42. The van der Waals surface area contributed by atoms with Crippen molar-refractivity contribution in [3.8, 4) is 0 Å². The van der Waals surface area contributed by atoms with Crippen molar-refractivity contribution in [2.75, 3.05) is 0 Å². The van der Waals surface area contributed by atoms with Crippen LogP contribution in [0, 0.1) is 18.8 Å². The van der Waals surface area contributed by atoms with Gasteiger partial charge in [0.1, 0.15) is 11.3 Å². The minimum absolute atomic E-state index is 0. The van der Waals surface area contributed by atoms with Gasteiger partial charge in [-0.15, -0.1) is 0 Å². The van der Waals surface area contributed by atoms with Crippen molar-refractivity contribution in [3.05, 3.63) is 89.9 Å². The molecule has 0 bridgehead atoms. The Balaban J connectivity index is 0.000000177. The molecule has 0 spiro atoms. The third-order valence-electron chi connectivity index (χ3n) is 8.37. The minimum Gasteiger partial charge on any atom is -0.543 e. The molecule has 2 aliphatic rings. The van der Waals surface area contributed by atoms with Crippen molar-refractivity contribution in [2.24, 2.45) is 11.8 Å². The van der Waals surface area contributed by atoms with Crippen LogP contribution in [0.25, 0.3) is 49.4 Å². The second kappa shape index (κ2) is 10.7. The number of carboxylic acid groups (broad SMARTS) is 1. The van der Waals surface area contributed by atoms with Gasteiger partial charge >= 0.3 is 29.6 Å². The maximum Gasteiger partial charge on any atom is 1.00 e. The maximum absolute atomic E-state index is 12.5. The van der Waals surface area contributed by atoms with Gasteiger partial charge in [0.2, 0.25) is 5.91 Å². The molecule has 0 aliphatic carbocycles. The fraction of sp³-hybridized carbons (Fsp3) is 0.212. The van der Waals surface area contributed by atoms with Crippen molar-refractivity contribution in [3.63, 3.8) is 0 Å². The number of amides is 1. The van der Waals surface area contributed by atoms with Crippen molar-refractivity contribution in [2.45, 2.75) is 33.2 Å². The number of aromatic nitrogens is 4. The van der Waals surface area contributed by atoms with Crippen LogP contribution in [0.1, 0.15) is 31.4 Å². The number of aliphatic carboxylic acids is 1. The van der Waals surface area contributed by atoms with Crippen LogP contribution in [0.15, 0.2) is 78.8 Å². The topological polar surface area (TPSA) is 118 Å². The van der Waals surface area contributed by atoms with Gasteiger partial charge in [-0.1, -0.05) is 31.5 Å². The van der Waals surface area contributed by atoms with E-state index in [0.717, 1.165) is 38.7 Å². The standard InChI is InChI=1S/C21H19N3O3.C12H10N2.Na/c1-10(2)17-16-9-13(18(21(26)27)24(16)20(17)25)11-5-6-15-14(8-11)12-4-3-7-22-19(12)23-15;1-8-4-5-11-10(7-8)9-3-2-6-13-12(9)14-11;/h3-8,10,16-17H,9H2,1-2H3,(H,22,23)(H,26,27);2-7H,1H3,(H,13,14);/q;;+1/p-1/t16-,17-;;/m1../s1. The second-order valence-electron chi connectivity index (χ2n) is 11.2. The summed E-state index contributed by atoms with van der Waals surface area (Å²) in [5.41, 5.74) is 6.66. The molecule has 0 saturated carbocycles. The molecule has 2 atom stereocenters. The summed E-state index contributed by atoms with van der Waals surface area (Å²) in [7, 11) is 0. The first-order valence-electron chi connectivity index (χ1n) is 13.8. The Labute approximate surface area is 264 Å². The first-order valence-corrected chi connectivity index (χ1v) is 13.8. The van der Waals surface area contributed by atoms with Crippen LogP contribution in [0.3, 0.4) is 0 Å². The average Bonchev–Trinajstić information content (AvgIpc) is 3.62. The van der Waals surface area contributed by atoms with Crippen molar-refractivity contribution in [1.29, 1.82) is 0 Å². The van der Waals surface area contributed by atoms with Gasteiger partial charge in [-0.05, 0) is 78.9 Å². The van der Waals surface area contributed by atoms with Crippen LogP contribution in [0.5, 0.6) is 0 Å². The number of benzene rings is 2. The van der Waals surface area contributed by atoms with E-state index in [9.17, 15) is 14.7 Å². The average molecular weight is 566 g/mol. The minimum atomic E-state index is -1.29. The number of carboxylic acids is 1. The number of fused-ring (bicyclic) bond motifs is 7. The van der Waals surface area contributed by atoms with E-state index < -0.39 is 5.97 Å². The predicted octanol–water partition coefficient (Wildman–Crippen LogP) is 2.09. The number of pyridine rings is 2. The van der Waals surface area contributed by atoms with Crippen molar-refractivity contribution < 1.29 is 44.3 Å². The summed E-state index contributed by atoms with van der Waals surface area (Å²) in [5.74, 6) is -1.34. The number of aryl methyl sites for hydroxylation is 1. The molecule has 2 aromatic carbocycles. The largest absolute Gasteiger partial charge is 1.00 e. The fourth-order valence-electron chi connectivity index (χ4n) is 6.47. The summed E-state index contributed by atoms with van der Waals surface area (Å²) in [6.45, 7) is 6.11. The predicted molar refractivity (Wildman–Crippen MR) is 157 cm³/mol. The normalized spacial score (nSPS) is 17.9. The number of nitrogens with one attached hydrogen (secondary N) is 2. The molecule has 6 aromatic rings. The first-order chi connectivity index (χ1) is 19.8. The van der Waals surface area contributed by atoms with Crippen LogP contribution in [-0.2, 0) is 9.59 Å². The number of β-lactam (4-membered cyclic amide) rings is 1. The van der Waals surface area contributed by atoms with E-state index in [2.05, 4.69) is 51.1 Å². The SMILES string of the molecule is CC(C)[C@H]1C(=O)N2C(C(=O)[O-])=C(c3ccc4[nH]c5ncccc5c4c3)C[C@H]12.Cc1ccc2[nH]c3ncccc3c2c1.[Na+]. The molecule has 0 unspecified atom stereocenters. The maximum atomic E-state index is 12.5. The van der Waals surface area contributed by atoms with Crippen molar-refractivity contribution >= 4 is 61.3 Å². The van der Waals surface area contributed by atoms with Gasteiger partial charge in [0.15, 0.2) is 0 Å². The van der Waals surface area contributed by atoms with Crippen LogP contribution in [-0.4, -0.2) is 42.8 Å². The molecule has 1 amide bonds. The summed E-state index contributed by atoms with van der Waals surface area (Å²) in [6.07, 6.45) is 4.09. The second-order valence-corrected chi connectivity index (χ2v) is 11.2. The van der Waals surface area contributed by atoms with Crippen molar-refractivity contribution in [1.82, 2.24) is 24.8 Å². The van der Waals surface area contributed by atoms with Gasteiger partial charge in [0.05, 0.1) is 23.6 Å². The molecule has 4 aromatic heterocycles. The zero-order valence-corrected chi connectivity index (χ0v) is 25.9. The van der Waals surface area contributed by atoms with Gasteiger partial charge in [0, 0.05) is 45.0 Å². The van der Waals surface area contributed by atoms with E-state index in [1.165, 1.54) is 21.2 Å². The van der Waals surface area contributed by atoms with Gasteiger partial charge < -0.3 is 24.8 Å². The van der Waals surface area contributed by atoms with E-state index in [1.54, 1.807) is 6.20 Å². The zero-order valence-electron chi connectivity index (χ0n) is 23.9. The number of aromatic amines is 2. The first kappa shape index (κ1) is 28.2. The summed E-state index contributed by atoms with van der Waals surface area (Å²) in [6, 6.07) is 20.1. The molecule has 0 radical (unpaired) electrons. The molecule has 2 N–H and O–H groups in total. The molecule has 2 aliphatic heterocycles. The number of nitrogens with zero attached hydrogens (tertiary/aromatic N) is 3. The van der Waals surface area contributed by atoms with E-state index in [-0.39, 0.29) is 59.0 Å². The van der Waals surface area contributed by atoms with Crippen LogP contribution < -0.4 is 34.7 Å². The van der Waals surface area contributed by atoms with Gasteiger partial charge in [0.25, 0.3) is 0 Å². The summed E-state index contributed by atoms with van der Waals surface area (Å²) >= 11 is 0. The fourth-order valence-corrected chi connectivity index (χ4v) is 6.47. The van der Waals surface area contributed by atoms with E-state index in [1.807, 2.05) is 56.4 Å². The van der Waals surface area contributed by atoms with Gasteiger partial charge in [-0.25, -0.2) is 9.97 Å². The summed E-state index contributed by atoms with van der Waals surface area (Å²) in [5, 5.41) is 16.3. The molecule has 9 heteroatoms. The summed E-state index contributed by atoms with van der Waals surface area (Å²) in [4.78, 5) is 41.0. The molecule has 8 rings (SSSR count). The molecule has 1 saturated heterocycles. The molecule has 1 fully saturated rings. The Hall–Kier alpha value is -3.98. The van der Waals surface area contributed by atoms with Crippen LogP contribution in [0.2, 0.25) is 0 Å². The quantitative estimate of drug-likeness (QED) is 0.252. The van der Waals surface area contributed by atoms with Gasteiger partial charge in [-0.3, -0.25) is 4.79 Å². The Bertz CT molecular complexity index is 2060. The third-order valence-corrected chi connectivity index (χ3v) is 8.37. The number of hydrogen-bond donors (Lipinski definition) is 2. The van der Waals surface area contributed by atoms with E-state index >= 15 is 0 Å². The summed E-state index contributed by atoms with van der Waals surface area (Å²) < 4.78 is 0. The van der Waals surface area contributed by atoms with Crippen LogP contribution >= 0.6 is 0 Å². The van der Waals surface area contributed by atoms with Gasteiger partial charge in [-0.2, -0.15) is 0 Å². The molecule has 42 heavy (non-hydrogen) atoms. The monoisotopic (exact) mass is 565 g/mol. The van der Waals surface area contributed by atoms with Crippen LogP contribution in [0.4, 0.5) is 0 Å². The Kier molecular flexibility index (Phi) is 7.17. The number of carbonyl (C=O) groups is 2. The Morgan fingerprint density at radius 3 is 2.10 bits per heavy atom. The van der Waals surface area contributed by atoms with E-state index in [4.69, 9.17) is 0 Å². The molecule has 8 nitrogen and oxygen atoms in total. The molecular weight excluding hydrogens is 537 g/mol. The Morgan fingerprint density at radius 1 is 0.905 bits per heavy atom. The van der Waals surface area contributed by atoms with E-state index in [0.29, 0.717) is 12.0 Å². The number of carbonyl (C=O) groups excluding carboxylic acids is 2. The number of rotatable bonds is 3. The molecule has 6 heterocycles. The molecule has 204 valence electrons.